The Morgan fingerprint density at radius 1 is 1.69 bits per heavy atom. The summed E-state index contributed by atoms with van der Waals surface area (Å²) in [6.45, 7) is 0.626. The van der Waals surface area contributed by atoms with Crippen molar-refractivity contribution in [2.24, 2.45) is 0 Å². The summed E-state index contributed by atoms with van der Waals surface area (Å²) in [6.07, 6.45) is 0. The molecule has 2 rings (SSSR count). The Labute approximate surface area is 78.6 Å². The summed E-state index contributed by atoms with van der Waals surface area (Å²) in [6, 6.07) is 1.84. The van der Waals surface area contributed by atoms with Gasteiger partial charge in [-0.05, 0) is 6.07 Å². The molecule has 0 unspecified atom stereocenters. The number of aliphatic hydroxyl groups is 1. The smallest absolute Gasteiger partial charge is 0.185 e. The molecule has 0 atom stereocenters. The quantitative estimate of drug-likeness (QED) is 0.582. The van der Waals surface area contributed by atoms with Gasteiger partial charge in [0, 0.05) is 6.54 Å². The van der Waals surface area contributed by atoms with E-state index in [0.29, 0.717) is 12.4 Å². The number of fused-ring (bicyclic) bond motifs is 1. The fourth-order valence-corrected chi connectivity index (χ4v) is 1.97. The van der Waals surface area contributed by atoms with E-state index in [9.17, 15) is 0 Å². The minimum absolute atomic E-state index is 0.107. The van der Waals surface area contributed by atoms with E-state index in [0.717, 1.165) is 15.5 Å². The molecule has 0 aromatic carbocycles. The van der Waals surface area contributed by atoms with E-state index >= 15 is 0 Å². The van der Waals surface area contributed by atoms with Crippen LogP contribution in [0.25, 0.3) is 10.3 Å². The SMILES string of the molecule is Nc1cc2sc(NCCO)nc2[nH]1. The molecule has 2 aromatic heterocycles. The standard InChI is InChI=1S/C7H10N4OS/c8-5-3-4-6(10-5)11-7(13-4)9-1-2-12/h3,10,12H,1-2,8H2,(H,9,11). The van der Waals surface area contributed by atoms with Crippen LogP contribution >= 0.6 is 11.3 Å². The number of rotatable bonds is 3. The predicted octanol–water partition coefficient (Wildman–Crippen LogP) is 0.611. The van der Waals surface area contributed by atoms with Crippen molar-refractivity contribution in [1.29, 1.82) is 0 Å². The fraction of sp³-hybridized carbons (Fsp3) is 0.286. The number of H-pyrrole nitrogens is 1. The second-order valence-corrected chi connectivity index (χ2v) is 3.64. The zero-order chi connectivity index (χ0) is 9.26. The van der Waals surface area contributed by atoms with E-state index in [1.54, 1.807) is 0 Å². The van der Waals surface area contributed by atoms with E-state index in [4.69, 9.17) is 10.8 Å². The zero-order valence-electron chi connectivity index (χ0n) is 6.87. The summed E-state index contributed by atoms with van der Waals surface area (Å²) < 4.78 is 1.03. The molecule has 5 N–H and O–H groups in total. The third-order valence-electron chi connectivity index (χ3n) is 1.59. The van der Waals surface area contributed by atoms with E-state index in [1.165, 1.54) is 11.3 Å². The van der Waals surface area contributed by atoms with Crippen LogP contribution in [0.5, 0.6) is 0 Å². The molecule has 0 aliphatic heterocycles. The average molecular weight is 198 g/mol. The van der Waals surface area contributed by atoms with Gasteiger partial charge >= 0.3 is 0 Å². The summed E-state index contributed by atoms with van der Waals surface area (Å²) in [7, 11) is 0. The molecule has 6 heteroatoms. The molecular weight excluding hydrogens is 188 g/mol. The maximum atomic E-state index is 8.58. The molecule has 0 saturated heterocycles. The van der Waals surface area contributed by atoms with Gasteiger partial charge in [0.1, 0.15) is 5.82 Å². The van der Waals surface area contributed by atoms with Gasteiger partial charge in [0.25, 0.3) is 0 Å². The van der Waals surface area contributed by atoms with Crippen molar-refractivity contribution in [1.82, 2.24) is 9.97 Å². The lowest BCUT2D eigenvalue weighted by molar-refractivity contribution is 0.311. The Morgan fingerprint density at radius 3 is 3.23 bits per heavy atom. The van der Waals surface area contributed by atoms with E-state index < -0.39 is 0 Å². The Morgan fingerprint density at radius 2 is 2.54 bits per heavy atom. The van der Waals surface area contributed by atoms with Crippen LogP contribution in [-0.4, -0.2) is 28.2 Å². The molecule has 2 aromatic rings. The van der Waals surface area contributed by atoms with Crippen LogP contribution in [0.1, 0.15) is 0 Å². The molecule has 0 radical (unpaired) electrons. The Hall–Kier alpha value is -1.27. The van der Waals surface area contributed by atoms with Crippen molar-refractivity contribution in [3.8, 4) is 0 Å². The lowest BCUT2D eigenvalue weighted by Crippen LogP contribution is -2.04. The summed E-state index contributed by atoms with van der Waals surface area (Å²) in [5, 5.41) is 12.4. The van der Waals surface area contributed by atoms with Crippen molar-refractivity contribution in [3.05, 3.63) is 6.07 Å². The summed E-state index contributed by atoms with van der Waals surface area (Å²) in [5.41, 5.74) is 6.33. The molecule has 0 aliphatic carbocycles. The summed E-state index contributed by atoms with van der Waals surface area (Å²) in [5.74, 6) is 0.627. The van der Waals surface area contributed by atoms with Crippen LogP contribution < -0.4 is 11.1 Å². The number of hydrogen-bond donors (Lipinski definition) is 4. The first-order chi connectivity index (χ1) is 6.29. The second-order valence-electron chi connectivity index (χ2n) is 2.61. The average Bonchev–Trinajstić information content (AvgIpc) is 2.57. The minimum atomic E-state index is 0.107. The van der Waals surface area contributed by atoms with Crippen molar-refractivity contribution in [2.45, 2.75) is 0 Å². The third kappa shape index (κ3) is 1.58. The van der Waals surface area contributed by atoms with Gasteiger partial charge in [0.15, 0.2) is 10.8 Å². The number of aliphatic hydroxyl groups excluding tert-OH is 1. The third-order valence-corrected chi connectivity index (χ3v) is 2.55. The number of thiazole rings is 1. The van der Waals surface area contributed by atoms with Crippen molar-refractivity contribution in [2.75, 3.05) is 24.2 Å². The molecular formula is C7H10N4OS. The number of aromatic amines is 1. The summed E-state index contributed by atoms with van der Waals surface area (Å²) in [4.78, 5) is 7.16. The maximum absolute atomic E-state index is 8.58. The summed E-state index contributed by atoms with van der Waals surface area (Å²) >= 11 is 1.51. The van der Waals surface area contributed by atoms with Crippen LogP contribution in [0.3, 0.4) is 0 Å². The second kappa shape index (κ2) is 3.23. The molecule has 70 valence electrons. The molecule has 0 amide bonds. The van der Waals surface area contributed by atoms with Gasteiger partial charge < -0.3 is 21.1 Å². The number of anilines is 2. The van der Waals surface area contributed by atoms with Gasteiger partial charge in [-0.1, -0.05) is 11.3 Å². The first kappa shape index (κ1) is 8.33. The van der Waals surface area contributed by atoms with Gasteiger partial charge in [-0.2, -0.15) is 0 Å². The van der Waals surface area contributed by atoms with Crippen molar-refractivity contribution >= 4 is 32.6 Å². The Balaban J connectivity index is 2.24. The predicted molar refractivity (Wildman–Crippen MR) is 54.0 cm³/mol. The number of nitrogens with one attached hydrogen (secondary N) is 2. The van der Waals surface area contributed by atoms with E-state index in [-0.39, 0.29) is 6.61 Å². The molecule has 0 fully saturated rings. The van der Waals surface area contributed by atoms with Crippen molar-refractivity contribution in [3.63, 3.8) is 0 Å². The highest BCUT2D eigenvalue weighted by Crippen LogP contribution is 2.26. The van der Waals surface area contributed by atoms with Crippen LogP contribution in [-0.2, 0) is 0 Å². The highest BCUT2D eigenvalue weighted by atomic mass is 32.1. The highest BCUT2D eigenvalue weighted by Gasteiger charge is 2.04. The van der Waals surface area contributed by atoms with Crippen LogP contribution in [0.4, 0.5) is 10.9 Å². The normalized spacial score (nSPS) is 10.8. The highest BCUT2D eigenvalue weighted by molar-refractivity contribution is 7.22. The monoisotopic (exact) mass is 198 g/mol. The molecule has 2 heterocycles. The topological polar surface area (TPSA) is 87.0 Å². The maximum Gasteiger partial charge on any atom is 0.185 e. The van der Waals surface area contributed by atoms with Gasteiger partial charge in [-0.3, -0.25) is 0 Å². The lowest BCUT2D eigenvalue weighted by Gasteiger charge is -1.95. The molecule has 0 saturated carbocycles. The number of nitrogen functional groups attached to an aromatic ring is 1. The minimum Gasteiger partial charge on any atom is -0.395 e. The molecule has 0 spiro atoms. The number of nitrogens with two attached hydrogens (primary N) is 1. The zero-order valence-corrected chi connectivity index (χ0v) is 7.69. The largest absolute Gasteiger partial charge is 0.395 e. The van der Waals surface area contributed by atoms with Crippen LogP contribution in [0, 0.1) is 0 Å². The fourth-order valence-electron chi connectivity index (χ4n) is 1.07. The Bertz CT molecular complexity index is 376. The lowest BCUT2D eigenvalue weighted by atomic mass is 10.6. The van der Waals surface area contributed by atoms with Crippen LogP contribution in [0.2, 0.25) is 0 Å². The van der Waals surface area contributed by atoms with Crippen LogP contribution in [0.15, 0.2) is 6.07 Å². The first-order valence-corrected chi connectivity index (χ1v) is 4.71. The van der Waals surface area contributed by atoms with Gasteiger partial charge in [-0.15, -0.1) is 0 Å². The van der Waals surface area contributed by atoms with E-state index in [2.05, 4.69) is 15.3 Å². The van der Waals surface area contributed by atoms with Gasteiger partial charge in [0.05, 0.1) is 11.3 Å². The molecule has 13 heavy (non-hydrogen) atoms. The number of nitrogens with zero attached hydrogens (tertiary/aromatic N) is 1. The molecule has 0 bridgehead atoms. The number of aromatic nitrogens is 2. The van der Waals surface area contributed by atoms with Gasteiger partial charge in [0.2, 0.25) is 0 Å². The first-order valence-electron chi connectivity index (χ1n) is 3.89. The van der Waals surface area contributed by atoms with E-state index in [1.807, 2.05) is 6.07 Å². The molecule has 5 nitrogen and oxygen atoms in total. The van der Waals surface area contributed by atoms with Gasteiger partial charge in [-0.25, -0.2) is 4.98 Å². The molecule has 0 aliphatic rings. The van der Waals surface area contributed by atoms with Crippen molar-refractivity contribution < 1.29 is 5.11 Å². The Kier molecular flexibility index (Phi) is 2.07. The number of hydrogen-bond acceptors (Lipinski definition) is 5.